The molecular formula is C15H24N2O3. The second-order valence-electron chi connectivity index (χ2n) is 5.67. The molecular weight excluding hydrogens is 256 g/mol. The van der Waals surface area contributed by atoms with Crippen molar-refractivity contribution in [1.29, 1.82) is 0 Å². The molecule has 5 nitrogen and oxygen atoms in total. The third-order valence-corrected chi connectivity index (χ3v) is 2.98. The van der Waals surface area contributed by atoms with Crippen molar-refractivity contribution in [3.63, 3.8) is 0 Å². The van der Waals surface area contributed by atoms with E-state index >= 15 is 0 Å². The van der Waals surface area contributed by atoms with Crippen LogP contribution >= 0.6 is 0 Å². The Bertz CT molecular complexity index is 472. The Kier molecular flexibility index (Phi) is 5.95. The molecule has 5 heteroatoms. The fourth-order valence-electron chi connectivity index (χ4n) is 1.98. The zero-order chi connectivity index (χ0) is 15.3. The molecule has 0 radical (unpaired) electrons. The number of ether oxygens (including phenoxy) is 1. The maximum atomic E-state index is 11.1. The molecule has 0 saturated heterocycles. The van der Waals surface area contributed by atoms with Gasteiger partial charge in [-0.15, -0.1) is 0 Å². The summed E-state index contributed by atoms with van der Waals surface area (Å²) in [6, 6.07) is 3.88. The zero-order valence-corrected chi connectivity index (χ0v) is 12.9. The van der Waals surface area contributed by atoms with Crippen molar-refractivity contribution in [2.45, 2.75) is 40.7 Å². The van der Waals surface area contributed by atoms with Crippen molar-refractivity contribution >= 4 is 5.69 Å². The maximum Gasteiger partial charge on any atom is 0.311 e. The van der Waals surface area contributed by atoms with Crippen molar-refractivity contribution in [3.8, 4) is 5.75 Å². The van der Waals surface area contributed by atoms with Gasteiger partial charge in [0, 0.05) is 24.6 Å². The molecule has 1 rings (SSSR count). The summed E-state index contributed by atoms with van der Waals surface area (Å²) in [5.41, 5.74) is 1.73. The molecule has 1 unspecified atom stereocenters. The second kappa shape index (κ2) is 7.24. The van der Waals surface area contributed by atoms with Crippen molar-refractivity contribution in [2.24, 2.45) is 5.92 Å². The lowest BCUT2D eigenvalue weighted by Gasteiger charge is -2.17. The Balaban J connectivity index is 2.74. The average Bonchev–Trinajstić information content (AvgIpc) is 2.34. The van der Waals surface area contributed by atoms with Gasteiger partial charge in [-0.25, -0.2) is 0 Å². The van der Waals surface area contributed by atoms with Crippen LogP contribution in [0.15, 0.2) is 12.1 Å². The van der Waals surface area contributed by atoms with Gasteiger partial charge in [0.15, 0.2) is 5.75 Å². The third kappa shape index (κ3) is 4.81. The Labute approximate surface area is 120 Å². The number of nitro benzene ring substituents is 1. The number of benzene rings is 1. The van der Waals surface area contributed by atoms with E-state index in [4.69, 9.17) is 4.74 Å². The van der Waals surface area contributed by atoms with Crippen molar-refractivity contribution in [3.05, 3.63) is 33.4 Å². The summed E-state index contributed by atoms with van der Waals surface area (Å²) in [6.45, 7) is 11.2. The molecule has 0 amide bonds. The Morgan fingerprint density at radius 1 is 1.30 bits per heavy atom. The molecule has 0 saturated carbocycles. The van der Waals surface area contributed by atoms with Crippen LogP contribution < -0.4 is 10.1 Å². The lowest BCUT2D eigenvalue weighted by Crippen LogP contribution is -2.30. The first-order valence-corrected chi connectivity index (χ1v) is 6.93. The molecule has 1 aromatic carbocycles. The van der Waals surface area contributed by atoms with E-state index in [1.54, 1.807) is 6.07 Å². The van der Waals surface area contributed by atoms with Crippen molar-refractivity contribution in [2.75, 3.05) is 13.2 Å². The third-order valence-electron chi connectivity index (χ3n) is 2.98. The molecule has 0 aromatic heterocycles. The molecule has 1 N–H and O–H groups in total. The first-order valence-electron chi connectivity index (χ1n) is 6.93. The molecule has 1 atom stereocenters. The smallest absolute Gasteiger partial charge is 0.311 e. The molecule has 0 aliphatic rings. The van der Waals surface area contributed by atoms with Gasteiger partial charge < -0.3 is 10.1 Å². The molecule has 112 valence electrons. The molecule has 0 aliphatic carbocycles. The molecule has 1 aromatic rings. The first kappa shape index (κ1) is 16.4. The lowest BCUT2D eigenvalue weighted by atomic mass is 10.1. The van der Waals surface area contributed by atoms with E-state index < -0.39 is 0 Å². The molecule has 0 aliphatic heterocycles. The first-order chi connectivity index (χ1) is 9.31. The van der Waals surface area contributed by atoms with Gasteiger partial charge in [0.25, 0.3) is 0 Å². The highest BCUT2D eigenvalue weighted by Crippen LogP contribution is 2.32. The molecule has 0 heterocycles. The monoisotopic (exact) mass is 280 g/mol. The number of nitrogens with one attached hydrogen (secondary N) is 1. The molecule has 0 bridgehead atoms. The normalized spacial score (nSPS) is 12.5. The van der Waals surface area contributed by atoms with Gasteiger partial charge in [-0.3, -0.25) is 10.1 Å². The van der Waals surface area contributed by atoms with Crippen LogP contribution in [0.2, 0.25) is 0 Å². The predicted molar refractivity (Wildman–Crippen MR) is 80.4 cm³/mol. The van der Waals surface area contributed by atoms with E-state index in [2.05, 4.69) is 26.1 Å². The summed E-state index contributed by atoms with van der Waals surface area (Å²) < 4.78 is 5.70. The largest absolute Gasteiger partial charge is 0.486 e. The van der Waals surface area contributed by atoms with E-state index in [1.165, 1.54) is 0 Å². The summed E-state index contributed by atoms with van der Waals surface area (Å²) >= 11 is 0. The van der Waals surface area contributed by atoms with Gasteiger partial charge in [-0.05, 0) is 25.0 Å². The highest BCUT2D eigenvalue weighted by Gasteiger charge is 2.19. The van der Waals surface area contributed by atoms with Crippen LogP contribution in [0.5, 0.6) is 5.75 Å². The summed E-state index contributed by atoms with van der Waals surface area (Å²) in [6.07, 6.45) is 0. The highest BCUT2D eigenvalue weighted by molar-refractivity contribution is 5.53. The maximum absolute atomic E-state index is 11.1. The van der Waals surface area contributed by atoms with Crippen molar-refractivity contribution < 1.29 is 9.66 Å². The number of nitro groups is 1. The molecule has 0 fully saturated rings. The molecule has 0 spiro atoms. The predicted octanol–water partition coefficient (Wildman–Crippen LogP) is 3.22. The average molecular weight is 280 g/mol. The quantitative estimate of drug-likeness (QED) is 0.615. The lowest BCUT2D eigenvalue weighted by molar-refractivity contribution is -0.386. The van der Waals surface area contributed by atoms with Crippen LogP contribution in [0, 0.1) is 29.9 Å². The minimum Gasteiger partial charge on any atom is -0.486 e. The van der Waals surface area contributed by atoms with Gasteiger partial charge in [-0.1, -0.05) is 26.8 Å². The van der Waals surface area contributed by atoms with Crippen LogP contribution in [-0.2, 0) is 0 Å². The van der Waals surface area contributed by atoms with Crippen LogP contribution in [0.1, 0.15) is 31.9 Å². The van der Waals surface area contributed by atoms with Crippen LogP contribution in [-0.4, -0.2) is 24.1 Å². The summed E-state index contributed by atoms with van der Waals surface area (Å²) in [5.74, 6) is 0.676. The van der Waals surface area contributed by atoms with Crippen molar-refractivity contribution in [1.82, 2.24) is 5.32 Å². The summed E-state index contributed by atoms with van der Waals surface area (Å²) in [5, 5.41) is 14.4. The zero-order valence-electron chi connectivity index (χ0n) is 12.9. The van der Waals surface area contributed by atoms with E-state index in [0.717, 1.165) is 17.7 Å². The minimum atomic E-state index is -0.383. The van der Waals surface area contributed by atoms with Gasteiger partial charge >= 0.3 is 5.69 Å². The highest BCUT2D eigenvalue weighted by atomic mass is 16.6. The minimum absolute atomic E-state index is 0.0477. The van der Waals surface area contributed by atoms with Crippen LogP contribution in [0.3, 0.4) is 0 Å². The fourth-order valence-corrected chi connectivity index (χ4v) is 1.98. The van der Waals surface area contributed by atoms with Gasteiger partial charge in [0.1, 0.15) is 0 Å². The number of aryl methyl sites for hydroxylation is 2. The Morgan fingerprint density at radius 3 is 2.50 bits per heavy atom. The number of hydrogen-bond acceptors (Lipinski definition) is 4. The fraction of sp³-hybridized carbons (Fsp3) is 0.600. The van der Waals surface area contributed by atoms with Gasteiger partial charge in [0.2, 0.25) is 0 Å². The topological polar surface area (TPSA) is 64.4 Å². The van der Waals surface area contributed by atoms with E-state index in [0.29, 0.717) is 18.4 Å². The Morgan fingerprint density at radius 2 is 1.95 bits per heavy atom. The number of nitrogens with zero attached hydrogens (tertiary/aromatic N) is 1. The van der Waals surface area contributed by atoms with Gasteiger partial charge in [-0.2, -0.15) is 0 Å². The molecule has 20 heavy (non-hydrogen) atoms. The standard InChI is InChI=1S/C15H24N2O3/c1-10(2)16-8-12(4)9-20-15-13(5)6-11(3)7-14(15)17(18)19/h6-7,10,12,16H,8-9H2,1-5H3. The van der Waals surface area contributed by atoms with E-state index in [9.17, 15) is 10.1 Å². The number of hydrogen-bond donors (Lipinski definition) is 1. The number of rotatable bonds is 7. The van der Waals surface area contributed by atoms with E-state index in [1.807, 2.05) is 19.9 Å². The van der Waals surface area contributed by atoms with Crippen LogP contribution in [0.25, 0.3) is 0 Å². The second-order valence-corrected chi connectivity index (χ2v) is 5.67. The van der Waals surface area contributed by atoms with Gasteiger partial charge in [0.05, 0.1) is 11.5 Å². The van der Waals surface area contributed by atoms with Crippen LogP contribution in [0.4, 0.5) is 5.69 Å². The summed E-state index contributed by atoms with van der Waals surface area (Å²) in [7, 11) is 0. The SMILES string of the molecule is Cc1cc(C)c(OCC(C)CNC(C)C)c([N+](=O)[O-])c1. The summed E-state index contributed by atoms with van der Waals surface area (Å²) in [4.78, 5) is 10.7. The van der Waals surface area contributed by atoms with E-state index in [-0.39, 0.29) is 16.5 Å². The Hall–Kier alpha value is -1.62.